The maximum atomic E-state index is 12.1. The van der Waals surface area contributed by atoms with Crippen molar-refractivity contribution in [1.82, 2.24) is 10.2 Å². The van der Waals surface area contributed by atoms with E-state index in [-0.39, 0.29) is 24.2 Å². The molecule has 0 bridgehead atoms. The molecule has 1 saturated heterocycles. The number of carbonyl (C=O) groups excluding carboxylic acids is 1. The number of halogens is 1. The predicted octanol–water partition coefficient (Wildman–Crippen LogP) is 4.01. The average Bonchev–Trinajstić information content (AvgIpc) is 2.65. The number of nitrogens with zero attached hydrogens (tertiary/aromatic N) is 1. The molecule has 1 fully saturated rings. The fraction of sp³-hybridized carbons (Fsp3) is 0.476. The molecule has 0 aromatic heterocycles. The number of benzene rings is 2. The lowest BCUT2D eigenvalue weighted by Crippen LogP contribution is -2.46. The zero-order valence-electron chi connectivity index (χ0n) is 15.8. The second-order valence-corrected chi connectivity index (χ2v) is 7.10. The SMILES string of the molecule is COc1ccc2ccccc2c1CNC1CCN(C(=O)C(C)C)CC1.Cl. The highest BCUT2D eigenvalue weighted by Crippen LogP contribution is 2.28. The van der Waals surface area contributed by atoms with E-state index >= 15 is 0 Å². The van der Waals surface area contributed by atoms with Gasteiger partial charge in [0.1, 0.15) is 5.75 Å². The summed E-state index contributed by atoms with van der Waals surface area (Å²) in [5.74, 6) is 1.29. The van der Waals surface area contributed by atoms with E-state index < -0.39 is 0 Å². The van der Waals surface area contributed by atoms with E-state index in [1.54, 1.807) is 7.11 Å². The minimum absolute atomic E-state index is 0. The van der Waals surface area contributed by atoms with E-state index in [1.165, 1.54) is 16.3 Å². The summed E-state index contributed by atoms with van der Waals surface area (Å²) in [6, 6.07) is 13.0. The number of likely N-dealkylation sites (tertiary alicyclic amines) is 1. The molecule has 142 valence electrons. The molecule has 0 aliphatic carbocycles. The number of ether oxygens (including phenoxy) is 1. The molecule has 2 aromatic carbocycles. The Morgan fingerprint density at radius 1 is 1.19 bits per heavy atom. The Kier molecular flexibility index (Phi) is 7.30. The van der Waals surface area contributed by atoms with Gasteiger partial charge in [-0.2, -0.15) is 0 Å². The largest absolute Gasteiger partial charge is 0.496 e. The molecule has 0 spiro atoms. The second kappa shape index (κ2) is 9.24. The van der Waals surface area contributed by atoms with E-state index in [9.17, 15) is 4.79 Å². The number of methoxy groups -OCH3 is 1. The lowest BCUT2D eigenvalue weighted by Gasteiger charge is -2.33. The molecule has 0 unspecified atom stereocenters. The van der Waals surface area contributed by atoms with E-state index in [2.05, 4.69) is 35.6 Å². The van der Waals surface area contributed by atoms with Gasteiger partial charge in [0.05, 0.1) is 7.11 Å². The van der Waals surface area contributed by atoms with Gasteiger partial charge in [-0.25, -0.2) is 0 Å². The van der Waals surface area contributed by atoms with E-state index in [0.717, 1.165) is 38.2 Å². The number of piperidine rings is 1. The van der Waals surface area contributed by atoms with Gasteiger partial charge in [-0.15, -0.1) is 12.4 Å². The number of nitrogens with one attached hydrogen (secondary N) is 1. The lowest BCUT2D eigenvalue weighted by molar-refractivity contribution is -0.135. The van der Waals surface area contributed by atoms with Crippen LogP contribution >= 0.6 is 12.4 Å². The van der Waals surface area contributed by atoms with Crippen molar-refractivity contribution in [3.63, 3.8) is 0 Å². The van der Waals surface area contributed by atoms with Crippen molar-refractivity contribution in [2.45, 2.75) is 39.3 Å². The number of hydrogen-bond donors (Lipinski definition) is 1. The molecule has 0 saturated carbocycles. The van der Waals surface area contributed by atoms with Crippen LogP contribution in [0.1, 0.15) is 32.3 Å². The van der Waals surface area contributed by atoms with Crippen LogP contribution in [0.5, 0.6) is 5.75 Å². The Labute approximate surface area is 162 Å². The van der Waals surface area contributed by atoms with Crippen LogP contribution in [0.15, 0.2) is 36.4 Å². The molecule has 0 atom stereocenters. The Balaban J connectivity index is 0.00000243. The molecule has 5 heteroatoms. The Morgan fingerprint density at radius 2 is 1.88 bits per heavy atom. The molecule has 26 heavy (non-hydrogen) atoms. The third-order valence-corrected chi connectivity index (χ3v) is 5.09. The third kappa shape index (κ3) is 4.49. The topological polar surface area (TPSA) is 41.6 Å². The van der Waals surface area contributed by atoms with Crippen molar-refractivity contribution in [3.05, 3.63) is 42.0 Å². The first-order valence-electron chi connectivity index (χ1n) is 9.17. The number of hydrogen-bond acceptors (Lipinski definition) is 3. The summed E-state index contributed by atoms with van der Waals surface area (Å²) in [5, 5.41) is 6.15. The zero-order chi connectivity index (χ0) is 17.8. The standard InChI is InChI=1S/C21H28N2O2.ClH/c1-15(2)21(24)23-12-10-17(11-13-23)22-14-19-18-7-5-4-6-16(18)8-9-20(19)25-3;/h4-9,15,17,22H,10-14H2,1-3H3;1H. The van der Waals surface area contributed by atoms with Gasteiger partial charge in [0.15, 0.2) is 0 Å². The van der Waals surface area contributed by atoms with Crippen molar-refractivity contribution < 1.29 is 9.53 Å². The van der Waals surface area contributed by atoms with Gasteiger partial charge in [-0.3, -0.25) is 4.79 Å². The second-order valence-electron chi connectivity index (χ2n) is 7.10. The van der Waals surface area contributed by atoms with Gasteiger partial charge in [-0.1, -0.05) is 44.2 Å². The van der Waals surface area contributed by atoms with Crippen LogP contribution in [0.25, 0.3) is 10.8 Å². The fourth-order valence-electron chi connectivity index (χ4n) is 3.61. The van der Waals surface area contributed by atoms with Gasteiger partial charge in [-0.05, 0) is 29.7 Å². The molecule has 1 aliphatic heterocycles. The minimum atomic E-state index is 0. The quantitative estimate of drug-likeness (QED) is 0.857. The average molecular weight is 377 g/mol. The van der Waals surface area contributed by atoms with Crippen molar-refractivity contribution in [2.75, 3.05) is 20.2 Å². The summed E-state index contributed by atoms with van der Waals surface area (Å²) in [6.45, 7) is 6.43. The van der Waals surface area contributed by atoms with Gasteiger partial charge in [0, 0.05) is 37.2 Å². The van der Waals surface area contributed by atoms with Crippen LogP contribution < -0.4 is 10.1 Å². The van der Waals surface area contributed by atoms with Crippen LogP contribution in [-0.2, 0) is 11.3 Å². The molecular formula is C21H29ClN2O2. The molecule has 1 N–H and O–H groups in total. The van der Waals surface area contributed by atoms with Gasteiger partial charge in [0.2, 0.25) is 5.91 Å². The Bertz CT molecular complexity index is 740. The molecule has 3 rings (SSSR count). The molecule has 1 amide bonds. The number of rotatable bonds is 5. The van der Waals surface area contributed by atoms with Crippen molar-refractivity contribution >= 4 is 29.1 Å². The summed E-state index contributed by atoms with van der Waals surface area (Å²) in [5.41, 5.74) is 1.21. The molecule has 1 heterocycles. The highest BCUT2D eigenvalue weighted by molar-refractivity contribution is 5.87. The summed E-state index contributed by atoms with van der Waals surface area (Å²) in [4.78, 5) is 14.1. The number of amides is 1. The van der Waals surface area contributed by atoms with Crippen LogP contribution in [0, 0.1) is 5.92 Å². The molecule has 0 radical (unpaired) electrons. The summed E-state index contributed by atoms with van der Waals surface area (Å²) >= 11 is 0. The summed E-state index contributed by atoms with van der Waals surface area (Å²) < 4.78 is 5.58. The van der Waals surface area contributed by atoms with Crippen molar-refractivity contribution in [2.24, 2.45) is 5.92 Å². The van der Waals surface area contributed by atoms with Gasteiger partial charge < -0.3 is 15.0 Å². The van der Waals surface area contributed by atoms with Gasteiger partial charge in [0.25, 0.3) is 0 Å². The zero-order valence-corrected chi connectivity index (χ0v) is 16.6. The third-order valence-electron chi connectivity index (χ3n) is 5.09. The molecule has 2 aromatic rings. The highest BCUT2D eigenvalue weighted by Gasteiger charge is 2.24. The highest BCUT2D eigenvalue weighted by atomic mass is 35.5. The maximum Gasteiger partial charge on any atom is 0.225 e. The normalized spacial score (nSPS) is 15.2. The molecule has 4 nitrogen and oxygen atoms in total. The first-order valence-corrected chi connectivity index (χ1v) is 9.17. The van der Waals surface area contributed by atoms with E-state index in [0.29, 0.717) is 6.04 Å². The van der Waals surface area contributed by atoms with Crippen LogP contribution in [0.2, 0.25) is 0 Å². The smallest absolute Gasteiger partial charge is 0.225 e. The summed E-state index contributed by atoms with van der Waals surface area (Å²) in [6.07, 6.45) is 2.01. The maximum absolute atomic E-state index is 12.1. The van der Waals surface area contributed by atoms with Gasteiger partial charge >= 0.3 is 0 Å². The molecular weight excluding hydrogens is 348 g/mol. The Hall–Kier alpha value is -1.78. The first kappa shape index (κ1) is 20.5. The summed E-state index contributed by atoms with van der Waals surface area (Å²) in [7, 11) is 1.73. The van der Waals surface area contributed by atoms with Crippen LogP contribution in [0.3, 0.4) is 0 Å². The van der Waals surface area contributed by atoms with Crippen molar-refractivity contribution in [3.8, 4) is 5.75 Å². The number of fused-ring (bicyclic) bond motifs is 1. The Morgan fingerprint density at radius 3 is 2.54 bits per heavy atom. The van der Waals surface area contributed by atoms with Crippen LogP contribution in [0.4, 0.5) is 0 Å². The van der Waals surface area contributed by atoms with E-state index in [4.69, 9.17) is 4.74 Å². The fourth-order valence-corrected chi connectivity index (χ4v) is 3.61. The van der Waals surface area contributed by atoms with Crippen molar-refractivity contribution in [1.29, 1.82) is 0 Å². The lowest BCUT2D eigenvalue weighted by atomic mass is 10.0. The number of carbonyl (C=O) groups is 1. The molecule has 1 aliphatic rings. The predicted molar refractivity (Wildman–Crippen MR) is 109 cm³/mol. The minimum Gasteiger partial charge on any atom is -0.496 e. The van der Waals surface area contributed by atoms with E-state index in [1.807, 2.05) is 24.8 Å². The van der Waals surface area contributed by atoms with Crippen LogP contribution in [-0.4, -0.2) is 37.0 Å². The monoisotopic (exact) mass is 376 g/mol. The first-order chi connectivity index (χ1) is 12.1.